The van der Waals surface area contributed by atoms with Crippen LogP contribution in [0.25, 0.3) is 0 Å². The molecule has 2 atom stereocenters. The Morgan fingerprint density at radius 3 is 2.35 bits per heavy atom. The minimum Gasteiger partial charge on any atom is -0.462 e. The van der Waals surface area contributed by atoms with Crippen molar-refractivity contribution in [2.45, 2.75) is 77.9 Å². The van der Waals surface area contributed by atoms with Crippen molar-refractivity contribution in [3.05, 3.63) is 0 Å². The zero-order valence-electron chi connectivity index (χ0n) is 14.6. The van der Waals surface area contributed by atoms with Gasteiger partial charge in [-0.3, -0.25) is 9.59 Å². The molecule has 6 heteroatoms. The van der Waals surface area contributed by atoms with E-state index in [9.17, 15) is 14.4 Å². The zero-order chi connectivity index (χ0) is 17.5. The van der Waals surface area contributed by atoms with Crippen molar-refractivity contribution in [3.63, 3.8) is 0 Å². The van der Waals surface area contributed by atoms with Gasteiger partial charge in [0.1, 0.15) is 18.4 Å². The van der Waals surface area contributed by atoms with Crippen LogP contribution in [-0.2, 0) is 23.9 Å². The van der Waals surface area contributed by atoms with Crippen LogP contribution in [0.5, 0.6) is 0 Å². The molecular weight excluding hydrogens is 298 g/mol. The van der Waals surface area contributed by atoms with Gasteiger partial charge in [-0.1, -0.05) is 32.6 Å². The molecule has 0 bridgehead atoms. The number of hydrogen-bond donors (Lipinski definition) is 1. The van der Waals surface area contributed by atoms with E-state index < -0.39 is 6.04 Å². The van der Waals surface area contributed by atoms with Crippen molar-refractivity contribution in [3.8, 4) is 0 Å². The predicted octanol–water partition coefficient (Wildman–Crippen LogP) is 2.39. The first-order valence-electron chi connectivity index (χ1n) is 8.46. The monoisotopic (exact) mass is 329 g/mol. The minimum absolute atomic E-state index is 0.131. The van der Waals surface area contributed by atoms with Gasteiger partial charge in [0.05, 0.1) is 13.2 Å². The number of esters is 1. The largest absolute Gasteiger partial charge is 0.462 e. The lowest BCUT2D eigenvalue weighted by molar-refractivity contribution is -0.147. The summed E-state index contributed by atoms with van der Waals surface area (Å²) in [6, 6.07) is -0.631. The van der Waals surface area contributed by atoms with Crippen LogP contribution < -0.4 is 5.32 Å². The van der Waals surface area contributed by atoms with Gasteiger partial charge < -0.3 is 19.6 Å². The molecule has 0 aromatic carbocycles. The molecule has 0 saturated heterocycles. The second kappa shape index (κ2) is 14.2. The smallest absolute Gasteiger partial charge is 0.302 e. The first-order chi connectivity index (χ1) is 11.0. The standard InChI is InChI=1S/C17H31NO5/c1-4-5-6-7-8-9-17(23-15(3)21)10-11-22-13-16(12-19)18-14(2)20/h12,16-17H,4-11,13H2,1-3H3,(H,18,20)/t16-,17+/m0/s1. The average Bonchev–Trinajstić information content (AvgIpc) is 2.48. The number of rotatable bonds is 14. The lowest BCUT2D eigenvalue weighted by Crippen LogP contribution is -2.38. The van der Waals surface area contributed by atoms with Gasteiger partial charge in [0.15, 0.2) is 0 Å². The molecule has 134 valence electrons. The maximum atomic E-state index is 11.1. The molecule has 0 aliphatic carbocycles. The Hall–Kier alpha value is -1.43. The van der Waals surface area contributed by atoms with E-state index in [0.717, 1.165) is 19.3 Å². The molecule has 0 spiro atoms. The van der Waals surface area contributed by atoms with Crippen LogP contribution in [0.2, 0.25) is 0 Å². The Morgan fingerprint density at radius 1 is 1.09 bits per heavy atom. The highest BCUT2D eigenvalue weighted by Gasteiger charge is 2.13. The Bertz CT molecular complexity index is 346. The number of carbonyl (C=O) groups is 3. The van der Waals surface area contributed by atoms with Gasteiger partial charge >= 0.3 is 5.97 Å². The van der Waals surface area contributed by atoms with Crippen molar-refractivity contribution in [1.29, 1.82) is 0 Å². The second-order valence-electron chi connectivity index (χ2n) is 5.74. The summed E-state index contributed by atoms with van der Waals surface area (Å²) in [4.78, 5) is 32.8. The topological polar surface area (TPSA) is 81.7 Å². The zero-order valence-corrected chi connectivity index (χ0v) is 14.6. The number of aldehydes is 1. The van der Waals surface area contributed by atoms with E-state index in [1.165, 1.54) is 33.1 Å². The van der Waals surface area contributed by atoms with Crippen LogP contribution in [0.3, 0.4) is 0 Å². The fraction of sp³-hybridized carbons (Fsp3) is 0.824. The summed E-state index contributed by atoms with van der Waals surface area (Å²) in [5.74, 6) is -0.553. The van der Waals surface area contributed by atoms with Crippen molar-refractivity contribution < 1.29 is 23.9 Å². The molecule has 0 unspecified atom stereocenters. The molecule has 0 aromatic rings. The van der Waals surface area contributed by atoms with E-state index in [1.807, 2.05) is 0 Å². The van der Waals surface area contributed by atoms with Gasteiger partial charge in [0.2, 0.25) is 5.91 Å². The van der Waals surface area contributed by atoms with Crippen LogP contribution >= 0.6 is 0 Å². The summed E-state index contributed by atoms with van der Waals surface area (Å²) in [6.45, 7) is 5.45. The van der Waals surface area contributed by atoms with E-state index in [2.05, 4.69) is 12.2 Å². The maximum Gasteiger partial charge on any atom is 0.302 e. The number of unbranched alkanes of at least 4 members (excludes halogenated alkanes) is 4. The number of nitrogens with one attached hydrogen (secondary N) is 1. The highest BCUT2D eigenvalue weighted by molar-refractivity contribution is 5.77. The molecular formula is C17H31NO5. The summed E-state index contributed by atoms with van der Waals surface area (Å²) < 4.78 is 10.7. The van der Waals surface area contributed by atoms with Crippen LogP contribution in [0.4, 0.5) is 0 Å². The summed E-state index contributed by atoms with van der Waals surface area (Å²) in [6.07, 6.45) is 7.74. The normalized spacial score (nSPS) is 13.2. The Balaban J connectivity index is 3.96. The highest BCUT2D eigenvalue weighted by Crippen LogP contribution is 2.12. The summed E-state index contributed by atoms with van der Waals surface area (Å²) >= 11 is 0. The SMILES string of the molecule is CCCCCCC[C@H](CCOC[C@H](C=O)NC(C)=O)OC(C)=O. The molecule has 23 heavy (non-hydrogen) atoms. The molecule has 1 N–H and O–H groups in total. The number of carbonyl (C=O) groups excluding carboxylic acids is 3. The van der Waals surface area contributed by atoms with E-state index in [1.54, 1.807) is 0 Å². The first-order valence-corrected chi connectivity index (χ1v) is 8.46. The van der Waals surface area contributed by atoms with Crippen molar-refractivity contribution in [2.24, 2.45) is 0 Å². The van der Waals surface area contributed by atoms with Crippen molar-refractivity contribution >= 4 is 18.2 Å². The molecule has 6 nitrogen and oxygen atoms in total. The third-order valence-electron chi connectivity index (χ3n) is 3.40. The Kier molecular flexibility index (Phi) is 13.3. The lowest BCUT2D eigenvalue weighted by Gasteiger charge is -2.18. The van der Waals surface area contributed by atoms with Crippen LogP contribution in [0, 0.1) is 0 Å². The third kappa shape index (κ3) is 13.9. The lowest BCUT2D eigenvalue weighted by atomic mass is 10.1. The van der Waals surface area contributed by atoms with Gasteiger partial charge in [-0.05, 0) is 12.8 Å². The van der Waals surface area contributed by atoms with Crippen molar-refractivity contribution in [1.82, 2.24) is 5.32 Å². The fourth-order valence-electron chi connectivity index (χ4n) is 2.27. The van der Waals surface area contributed by atoms with Gasteiger partial charge in [-0.25, -0.2) is 0 Å². The van der Waals surface area contributed by atoms with E-state index >= 15 is 0 Å². The molecule has 1 amide bonds. The van der Waals surface area contributed by atoms with E-state index in [0.29, 0.717) is 19.3 Å². The second-order valence-corrected chi connectivity index (χ2v) is 5.74. The quantitative estimate of drug-likeness (QED) is 0.301. The molecule has 0 saturated carbocycles. The number of hydrogen-bond acceptors (Lipinski definition) is 5. The van der Waals surface area contributed by atoms with Gasteiger partial charge in [0.25, 0.3) is 0 Å². The minimum atomic E-state index is -0.631. The van der Waals surface area contributed by atoms with Gasteiger partial charge in [0, 0.05) is 20.3 Å². The molecule has 0 fully saturated rings. The predicted molar refractivity (Wildman–Crippen MR) is 88.0 cm³/mol. The molecule has 0 radical (unpaired) electrons. The van der Waals surface area contributed by atoms with Crippen molar-refractivity contribution in [2.75, 3.05) is 13.2 Å². The third-order valence-corrected chi connectivity index (χ3v) is 3.40. The maximum absolute atomic E-state index is 11.1. The Labute approximate surface area is 139 Å². The van der Waals surface area contributed by atoms with Crippen LogP contribution in [0.1, 0.15) is 65.7 Å². The van der Waals surface area contributed by atoms with Gasteiger partial charge in [-0.2, -0.15) is 0 Å². The number of amides is 1. The molecule has 0 heterocycles. The van der Waals surface area contributed by atoms with Gasteiger partial charge in [-0.15, -0.1) is 0 Å². The number of ether oxygens (including phenoxy) is 2. The van der Waals surface area contributed by atoms with Crippen LogP contribution in [-0.4, -0.2) is 43.5 Å². The first kappa shape index (κ1) is 21.6. The highest BCUT2D eigenvalue weighted by atomic mass is 16.5. The fourth-order valence-corrected chi connectivity index (χ4v) is 2.27. The summed E-state index contributed by atoms with van der Waals surface area (Å²) in [7, 11) is 0. The van der Waals surface area contributed by atoms with Crippen LogP contribution in [0.15, 0.2) is 0 Å². The molecule has 0 aliphatic heterocycles. The van der Waals surface area contributed by atoms with E-state index in [4.69, 9.17) is 9.47 Å². The summed E-state index contributed by atoms with van der Waals surface area (Å²) in [5.41, 5.74) is 0. The van der Waals surface area contributed by atoms with E-state index in [-0.39, 0.29) is 24.6 Å². The Morgan fingerprint density at radius 2 is 1.78 bits per heavy atom. The molecule has 0 rings (SSSR count). The molecule has 0 aliphatic rings. The summed E-state index contributed by atoms with van der Waals surface area (Å²) in [5, 5.41) is 2.49. The average molecular weight is 329 g/mol. The molecule has 0 aromatic heterocycles.